The van der Waals surface area contributed by atoms with Crippen LogP contribution in [0.3, 0.4) is 0 Å². The van der Waals surface area contributed by atoms with E-state index in [1.807, 2.05) is 29.2 Å². The fourth-order valence-electron chi connectivity index (χ4n) is 2.50. The number of halogens is 1. The molecule has 5 nitrogen and oxygen atoms in total. The van der Waals surface area contributed by atoms with Gasteiger partial charge in [0.25, 0.3) is 5.91 Å². The van der Waals surface area contributed by atoms with Gasteiger partial charge in [0.1, 0.15) is 6.04 Å². The number of hydrogen-bond donors (Lipinski definition) is 0. The smallest absolute Gasteiger partial charge is 0.255 e. The zero-order valence-corrected chi connectivity index (χ0v) is 12.6. The van der Waals surface area contributed by atoms with Gasteiger partial charge >= 0.3 is 0 Å². The van der Waals surface area contributed by atoms with Gasteiger partial charge in [-0.2, -0.15) is 4.98 Å². The Morgan fingerprint density at radius 3 is 2.95 bits per heavy atom. The molecule has 0 N–H and O–H groups in total. The van der Waals surface area contributed by atoms with Crippen molar-refractivity contribution in [3.63, 3.8) is 0 Å². The van der Waals surface area contributed by atoms with Crippen LogP contribution in [-0.2, 0) is 0 Å². The number of benzene rings is 1. The lowest BCUT2D eigenvalue weighted by molar-refractivity contribution is 0.0709. The number of aromatic nitrogens is 2. The van der Waals surface area contributed by atoms with Gasteiger partial charge in [-0.3, -0.25) is 4.79 Å². The first-order chi connectivity index (χ1) is 9.66. The zero-order chi connectivity index (χ0) is 14.1. The van der Waals surface area contributed by atoms with Crippen molar-refractivity contribution in [3.8, 4) is 0 Å². The van der Waals surface area contributed by atoms with Gasteiger partial charge in [-0.1, -0.05) is 17.3 Å². The van der Waals surface area contributed by atoms with Gasteiger partial charge in [0, 0.05) is 11.0 Å². The standard InChI is InChI=1S/C14H14BrN3O2/c1-9-16-13(20-17-9)12-7-4-8-18(12)14(19)10-5-2-3-6-11(10)15/h2-3,5-6,12H,4,7-8H2,1H3. The number of carbonyl (C=O) groups excluding carboxylic acids is 1. The molecule has 0 spiro atoms. The maximum absolute atomic E-state index is 12.7. The van der Waals surface area contributed by atoms with Crippen molar-refractivity contribution in [2.24, 2.45) is 0 Å². The van der Waals surface area contributed by atoms with Crippen molar-refractivity contribution in [3.05, 3.63) is 46.0 Å². The number of amides is 1. The summed E-state index contributed by atoms with van der Waals surface area (Å²) in [4.78, 5) is 18.7. The molecule has 1 aromatic carbocycles. The second kappa shape index (κ2) is 5.36. The van der Waals surface area contributed by atoms with Crippen LogP contribution in [0.4, 0.5) is 0 Å². The van der Waals surface area contributed by atoms with Crippen LogP contribution in [0.1, 0.15) is 41.0 Å². The Bertz CT molecular complexity index is 641. The highest BCUT2D eigenvalue weighted by atomic mass is 79.9. The van der Waals surface area contributed by atoms with Gasteiger partial charge in [-0.15, -0.1) is 0 Å². The molecule has 0 bridgehead atoms. The third-order valence-electron chi connectivity index (χ3n) is 3.45. The van der Waals surface area contributed by atoms with E-state index in [0.29, 0.717) is 23.8 Å². The number of likely N-dealkylation sites (tertiary alicyclic amines) is 1. The summed E-state index contributed by atoms with van der Waals surface area (Å²) >= 11 is 3.43. The molecule has 3 rings (SSSR count). The minimum absolute atomic E-state index is 0.00386. The Balaban J connectivity index is 1.89. The molecule has 1 aliphatic heterocycles. The average Bonchev–Trinajstić information content (AvgIpc) is 3.06. The molecule has 0 saturated carbocycles. The molecule has 1 saturated heterocycles. The van der Waals surface area contributed by atoms with E-state index in [0.717, 1.165) is 17.3 Å². The summed E-state index contributed by atoms with van der Waals surface area (Å²) in [5.74, 6) is 1.12. The van der Waals surface area contributed by atoms with E-state index >= 15 is 0 Å². The number of carbonyl (C=O) groups is 1. The molecule has 0 aliphatic carbocycles. The molecule has 104 valence electrons. The van der Waals surface area contributed by atoms with Crippen LogP contribution in [0.2, 0.25) is 0 Å². The van der Waals surface area contributed by atoms with Crippen molar-refractivity contribution in [2.75, 3.05) is 6.54 Å². The predicted octanol–water partition coefficient (Wildman–Crippen LogP) is 3.12. The summed E-state index contributed by atoms with van der Waals surface area (Å²) < 4.78 is 6.03. The van der Waals surface area contributed by atoms with Gasteiger partial charge in [0.2, 0.25) is 5.89 Å². The van der Waals surface area contributed by atoms with Crippen molar-refractivity contribution in [2.45, 2.75) is 25.8 Å². The van der Waals surface area contributed by atoms with Crippen LogP contribution in [0.5, 0.6) is 0 Å². The molecular formula is C14H14BrN3O2. The van der Waals surface area contributed by atoms with E-state index in [9.17, 15) is 4.79 Å². The quantitative estimate of drug-likeness (QED) is 0.845. The second-order valence-electron chi connectivity index (χ2n) is 4.82. The van der Waals surface area contributed by atoms with Crippen molar-refractivity contribution in [1.29, 1.82) is 0 Å². The van der Waals surface area contributed by atoms with E-state index in [2.05, 4.69) is 26.1 Å². The Morgan fingerprint density at radius 2 is 2.25 bits per heavy atom. The lowest BCUT2D eigenvalue weighted by atomic mass is 10.1. The highest BCUT2D eigenvalue weighted by Crippen LogP contribution is 2.33. The van der Waals surface area contributed by atoms with E-state index in [4.69, 9.17) is 4.52 Å². The van der Waals surface area contributed by atoms with E-state index in [1.165, 1.54) is 0 Å². The van der Waals surface area contributed by atoms with Crippen LogP contribution in [0, 0.1) is 6.92 Å². The number of nitrogens with zero attached hydrogens (tertiary/aromatic N) is 3. The molecule has 0 radical (unpaired) electrons. The summed E-state index contributed by atoms with van der Waals surface area (Å²) in [5.41, 5.74) is 0.663. The number of hydrogen-bond acceptors (Lipinski definition) is 4. The molecule has 1 fully saturated rings. The third-order valence-corrected chi connectivity index (χ3v) is 4.14. The van der Waals surface area contributed by atoms with Crippen LogP contribution < -0.4 is 0 Å². The minimum Gasteiger partial charge on any atom is -0.337 e. The Morgan fingerprint density at radius 1 is 1.45 bits per heavy atom. The van der Waals surface area contributed by atoms with Crippen LogP contribution in [0.15, 0.2) is 33.3 Å². The molecule has 20 heavy (non-hydrogen) atoms. The van der Waals surface area contributed by atoms with Crippen molar-refractivity contribution < 1.29 is 9.32 Å². The van der Waals surface area contributed by atoms with Crippen LogP contribution in [0.25, 0.3) is 0 Å². The first-order valence-electron chi connectivity index (χ1n) is 6.52. The van der Waals surface area contributed by atoms with Gasteiger partial charge < -0.3 is 9.42 Å². The molecular weight excluding hydrogens is 322 g/mol. The first kappa shape index (κ1) is 13.3. The maximum atomic E-state index is 12.7. The summed E-state index contributed by atoms with van der Waals surface area (Å²) in [6.07, 6.45) is 1.81. The molecule has 1 aromatic heterocycles. The average molecular weight is 336 g/mol. The summed E-state index contributed by atoms with van der Waals surface area (Å²) in [5, 5.41) is 3.81. The fraction of sp³-hybridized carbons (Fsp3) is 0.357. The fourth-order valence-corrected chi connectivity index (χ4v) is 2.96. The SMILES string of the molecule is Cc1noc(C2CCCN2C(=O)c2ccccc2Br)n1. The molecule has 1 atom stereocenters. The molecule has 6 heteroatoms. The maximum Gasteiger partial charge on any atom is 0.255 e. The first-order valence-corrected chi connectivity index (χ1v) is 7.32. The molecule has 1 amide bonds. The lowest BCUT2D eigenvalue weighted by Crippen LogP contribution is -2.31. The zero-order valence-electron chi connectivity index (χ0n) is 11.0. The number of aryl methyl sites for hydroxylation is 1. The molecule has 1 unspecified atom stereocenters. The number of rotatable bonds is 2. The van der Waals surface area contributed by atoms with Crippen molar-refractivity contribution >= 4 is 21.8 Å². The van der Waals surface area contributed by atoms with Crippen molar-refractivity contribution in [1.82, 2.24) is 15.0 Å². The summed E-state index contributed by atoms with van der Waals surface area (Å²) in [7, 11) is 0. The summed E-state index contributed by atoms with van der Waals surface area (Å²) in [6, 6.07) is 7.33. The predicted molar refractivity (Wildman–Crippen MR) is 76.2 cm³/mol. The largest absolute Gasteiger partial charge is 0.337 e. The Kier molecular flexibility index (Phi) is 3.56. The molecule has 2 heterocycles. The normalized spacial score (nSPS) is 18.5. The third kappa shape index (κ3) is 2.35. The topological polar surface area (TPSA) is 59.2 Å². The second-order valence-corrected chi connectivity index (χ2v) is 5.67. The minimum atomic E-state index is -0.115. The highest BCUT2D eigenvalue weighted by molar-refractivity contribution is 9.10. The van der Waals surface area contributed by atoms with E-state index in [-0.39, 0.29) is 11.9 Å². The van der Waals surface area contributed by atoms with E-state index < -0.39 is 0 Å². The Hall–Kier alpha value is -1.69. The highest BCUT2D eigenvalue weighted by Gasteiger charge is 2.34. The van der Waals surface area contributed by atoms with Crippen LogP contribution in [-0.4, -0.2) is 27.5 Å². The lowest BCUT2D eigenvalue weighted by Gasteiger charge is -2.22. The van der Waals surface area contributed by atoms with Gasteiger partial charge in [0.15, 0.2) is 5.82 Å². The monoisotopic (exact) mass is 335 g/mol. The van der Waals surface area contributed by atoms with Gasteiger partial charge in [-0.05, 0) is 47.8 Å². The van der Waals surface area contributed by atoms with Gasteiger partial charge in [0.05, 0.1) is 5.56 Å². The Labute approximate surface area is 125 Å². The molecule has 2 aromatic rings. The van der Waals surface area contributed by atoms with E-state index in [1.54, 1.807) is 6.92 Å². The summed E-state index contributed by atoms with van der Waals surface area (Å²) in [6.45, 7) is 2.49. The van der Waals surface area contributed by atoms with Gasteiger partial charge in [-0.25, -0.2) is 0 Å². The molecule has 1 aliphatic rings. The van der Waals surface area contributed by atoms with Crippen LogP contribution >= 0.6 is 15.9 Å².